The number of thiophene rings is 1. The summed E-state index contributed by atoms with van der Waals surface area (Å²) >= 11 is 5.27. The molecule has 0 fully saturated rings. The van der Waals surface area contributed by atoms with Gasteiger partial charge in [0, 0.05) is 9.35 Å². The standard InChI is InChI=1S/C13H15BrN2S/c1-8-5-10(7-11(14)6-8)13(16-15)12-3-4-17-9(12)2/h3-7,13,16H,15H2,1-2H3. The average molecular weight is 311 g/mol. The second kappa shape index (κ2) is 5.31. The van der Waals surface area contributed by atoms with E-state index < -0.39 is 0 Å². The van der Waals surface area contributed by atoms with Gasteiger partial charge in [0.2, 0.25) is 0 Å². The van der Waals surface area contributed by atoms with E-state index in [1.807, 2.05) is 0 Å². The summed E-state index contributed by atoms with van der Waals surface area (Å²) in [5.41, 5.74) is 6.55. The van der Waals surface area contributed by atoms with Crippen LogP contribution in [0.5, 0.6) is 0 Å². The van der Waals surface area contributed by atoms with Gasteiger partial charge in [-0.1, -0.05) is 22.0 Å². The van der Waals surface area contributed by atoms with Crippen LogP contribution in [0, 0.1) is 13.8 Å². The third-order valence-corrected chi connectivity index (χ3v) is 4.09. The van der Waals surface area contributed by atoms with Gasteiger partial charge in [0.1, 0.15) is 0 Å². The Morgan fingerprint density at radius 2 is 2.06 bits per heavy atom. The SMILES string of the molecule is Cc1cc(Br)cc(C(NN)c2ccsc2C)c1. The van der Waals surface area contributed by atoms with Crippen molar-refractivity contribution in [2.75, 3.05) is 0 Å². The Kier molecular flexibility index (Phi) is 3.99. The fourth-order valence-corrected chi connectivity index (χ4v) is 3.36. The van der Waals surface area contributed by atoms with Crippen molar-refractivity contribution >= 4 is 27.3 Å². The van der Waals surface area contributed by atoms with Gasteiger partial charge in [-0.25, -0.2) is 5.43 Å². The molecule has 2 rings (SSSR count). The van der Waals surface area contributed by atoms with Gasteiger partial charge in [-0.3, -0.25) is 5.84 Å². The van der Waals surface area contributed by atoms with Gasteiger partial charge >= 0.3 is 0 Å². The first kappa shape index (κ1) is 12.8. The third-order valence-electron chi connectivity index (χ3n) is 2.77. The Labute approximate surface area is 114 Å². The van der Waals surface area contributed by atoms with Gasteiger partial charge in [-0.15, -0.1) is 11.3 Å². The summed E-state index contributed by atoms with van der Waals surface area (Å²) in [4.78, 5) is 1.30. The highest BCUT2D eigenvalue weighted by atomic mass is 79.9. The smallest absolute Gasteiger partial charge is 0.0721 e. The van der Waals surface area contributed by atoms with Crippen LogP contribution in [0.4, 0.5) is 0 Å². The third kappa shape index (κ3) is 2.77. The summed E-state index contributed by atoms with van der Waals surface area (Å²) in [6.45, 7) is 4.21. The zero-order valence-corrected chi connectivity index (χ0v) is 12.2. The van der Waals surface area contributed by atoms with Crippen LogP contribution >= 0.6 is 27.3 Å². The number of hydrazine groups is 1. The largest absolute Gasteiger partial charge is 0.271 e. The lowest BCUT2D eigenvalue weighted by Crippen LogP contribution is -2.29. The Hall–Kier alpha value is -0.680. The quantitative estimate of drug-likeness (QED) is 0.670. The molecule has 90 valence electrons. The van der Waals surface area contributed by atoms with E-state index in [9.17, 15) is 0 Å². The number of rotatable bonds is 3. The molecule has 1 aromatic heterocycles. The molecule has 0 saturated carbocycles. The summed E-state index contributed by atoms with van der Waals surface area (Å²) in [6, 6.07) is 8.54. The van der Waals surface area contributed by atoms with E-state index in [0.29, 0.717) is 0 Å². The first-order chi connectivity index (χ1) is 8.11. The van der Waals surface area contributed by atoms with E-state index in [0.717, 1.165) is 4.47 Å². The minimum atomic E-state index is 0.0532. The molecule has 0 saturated heterocycles. The molecule has 0 spiro atoms. The van der Waals surface area contributed by atoms with Gasteiger partial charge in [0.15, 0.2) is 0 Å². The zero-order chi connectivity index (χ0) is 12.4. The number of nitrogens with one attached hydrogen (secondary N) is 1. The average Bonchev–Trinajstić information content (AvgIpc) is 2.65. The van der Waals surface area contributed by atoms with Crippen molar-refractivity contribution in [1.29, 1.82) is 0 Å². The second-order valence-electron chi connectivity index (χ2n) is 4.09. The lowest BCUT2D eigenvalue weighted by atomic mass is 9.99. The van der Waals surface area contributed by atoms with Gasteiger partial charge in [0.25, 0.3) is 0 Å². The molecular formula is C13H15BrN2S. The highest BCUT2D eigenvalue weighted by molar-refractivity contribution is 9.10. The van der Waals surface area contributed by atoms with E-state index in [-0.39, 0.29) is 6.04 Å². The van der Waals surface area contributed by atoms with Crippen molar-refractivity contribution in [2.45, 2.75) is 19.9 Å². The van der Waals surface area contributed by atoms with Crippen LogP contribution in [0.2, 0.25) is 0 Å². The maximum atomic E-state index is 5.70. The molecule has 0 aliphatic carbocycles. The minimum absolute atomic E-state index is 0.0532. The van der Waals surface area contributed by atoms with Crippen LogP contribution in [0.1, 0.15) is 27.6 Å². The summed E-state index contributed by atoms with van der Waals surface area (Å²) in [6.07, 6.45) is 0. The zero-order valence-electron chi connectivity index (χ0n) is 9.83. The monoisotopic (exact) mass is 310 g/mol. The van der Waals surface area contributed by atoms with E-state index in [1.165, 1.54) is 21.6 Å². The Morgan fingerprint density at radius 1 is 1.29 bits per heavy atom. The Morgan fingerprint density at radius 3 is 2.59 bits per heavy atom. The van der Waals surface area contributed by atoms with Crippen molar-refractivity contribution in [3.8, 4) is 0 Å². The summed E-state index contributed by atoms with van der Waals surface area (Å²) < 4.78 is 1.08. The number of aryl methyl sites for hydroxylation is 2. The lowest BCUT2D eigenvalue weighted by Gasteiger charge is -2.17. The topological polar surface area (TPSA) is 38.0 Å². The van der Waals surface area contributed by atoms with Crippen LogP contribution < -0.4 is 11.3 Å². The molecule has 1 atom stereocenters. The van der Waals surface area contributed by atoms with Crippen molar-refractivity contribution in [3.05, 3.63) is 55.7 Å². The van der Waals surface area contributed by atoms with Crippen molar-refractivity contribution in [1.82, 2.24) is 5.43 Å². The van der Waals surface area contributed by atoms with E-state index >= 15 is 0 Å². The molecule has 0 aliphatic rings. The predicted molar refractivity (Wildman–Crippen MR) is 77.1 cm³/mol. The number of nitrogens with two attached hydrogens (primary N) is 1. The van der Waals surface area contributed by atoms with Crippen molar-refractivity contribution in [3.63, 3.8) is 0 Å². The molecule has 0 aliphatic heterocycles. The molecule has 0 bridgehead atoms. The molecule has 1 unspecified atom stereocenters. The van der Waals surface area contributed by atoms with Crippen LogP contribution in [0.25, 0.3) is 0 Å². The molecule has 2 aromatic rings. The molecule has 1 aromatic carbocycles. The van der Waals surface area contributed by atoms with Crippen LogP contribution in [0.3, 0.4) is 0 Å². The fourth-order valence-electron chi connectivity index (χ4n) is 1.99. The molecule has 1 heterocycles. The molecule has 2 nitrogen and oxygen atoms in total. The lowest BCUT2D eigenvalue weighted by molar-refractivity contribution is 0.635. The predicted octanol–water partition coefficient (Wildman–Crippen LogP) is 3.68. The maximum absolute atomic E-state index is 5.70. The molecule has 0 amide bonds. The van der Waals surface area contributed by atoms with Crippen molar-refractivity contribution in [2.24, 2.45) is 5.84 Å². The highest BCUT2D eigenvalue weighted by Gasteiger charge is 2.16. The molecule has 4 heteroatoms. The van der Waals surface area contributed by atoms with Crippen LogP contribution in [-0.4, -0.2) is 0 Å². The van der Waals surface area contributed by atoms with E-state index in [2.05, 4.69) is 64.8 Å². The number of halogens is 1. The van der Waals surface area contributed by atoms with Gasteiger partial charge in [0.05, 0.1) is 6.04 Å². The summed E-state index contributed by atoms with van der Waals surface area (Å²) in [7, 11) is 0. The maximum Gasteiger partial charge on any atom is 0.0721 e. The number of hydrogen-bond donors (Lipinski definition) is 2. The van der Waals surface area contributed by atoms with E-state index in [1.54, 1.807) is 11.3 Å². The molecular weight excluding hydrogens is 296 g/mol. The van der Waals surface area contributed by atoms with Crippen LogP contribution in [-0.2, 0) is 0 Å². The fraction of sp³-hybridized carbons (Fsp3) is 0.231. The van der Waals surface area contributed by atoms with Crippen LogP contribution in [0.15, 0.2) is 34.1 Å². The molecule has 0 radical (unpaired) electrons. The second-order valence-corrected chi connectivity index (χ2v) is 6.13. The minimum Gasteiger partial charge on any atom is -0.271 e. The van der Waals surface area contributed by atoms with Gasteiger partial charge in [-0.05, 0) is 54.1 Å². The molecule has 3 N–H and O–H groups in total. The number of benzene rings is 1. The van der Waals surface area contributed by atoms with E-state index in [4.69, 9.17) is 5.84 Å². The Bertz CT molecular complexity index is 502. The summed E-state index contributed by atoms with van der Waals surface area (Å²) in [5.74, 6) is 5.70. The summed E-state index contributed by atoms with van der Waals surface area (Å²) in [5, 5.41) is 2.10. The van der Waals surface area contributed by atoms with Gasteiger partial charge in [-0.2, -0.15) is 0 Å². The molecule has 17 heavy (non-hydrogen) atoms. The first-order valence-corrected chi connectivity index (χ1v) is 7.06. The van der Waals surface area contributed by atoms with Crippen molar-refractivity contribution < 1.29 is 0 Å². The van der Waals surface area contributed by atoms with Gasteiger partial charge < -0.3 is 0 Å². The highest BCUT2D eigenvalue weighted by Crippen LogP contribution is 2.29. The Balaban J connectivity index is 2.45. The normalized spacial score (nSPS) is 12.7. The first-order valence-electron chi connectivity index (χ1n) is 5.39. The number of hydrogen-bond acceptors (Lipinski definition) is 3.